The van der Waals surface area contributed by atoms with Crippen LogP contribution >= 0.6 is 11.3 Å². The van der Waals surface area contributed by atoms with Crippen molar-refractivity contribution in [3.63, 3.8) is 0 Å². The van der Waals surface area contributed by atoms with Crippen LogP contribution in [-0.2, 0) is 4.79 Å². The van der Waals surface area contributed by atoms with Gasteiger partial charge in [-0.2, -0.15) is 0 Å². The van der Waals surface area contributed by atoms with Crippen LogP contribution in [0.25, 0.3) is 6.08 Å². The molecule has 0 unspecified atom stereocenters. The highest BCUT2D eigenvalue weighted by Crippen LogP contribution is 2.30. The molecule has 0 aliphatic carbocycles. The average Bonchev–Trinajstić information content (AvgIpc) is 3.42. The molecule has 1 aliphatic heterocycles. The normalized spacial score (nSPS) is 15.9. The summed E-state index contributed by atoms with van der Waals surface area (Å²) in [5.41, 5.74) is 3.16. The van der Waals surface area contributed by atoms with E-state index in [0.717, 1.165) is 11.1 Å². The predicted molar refractivity (Wildman–Crippen MR) is 124 cm³/mol. The van der Waals surface area contributed by atoms with Gasteiger partial charge in [-0.1, -0.05) is 59.9 Å². The maximum absolute atomic E-state index is 13.5. The zero-order valence-corrected chi connectivity index (χ0v) is 18.0. The zero-order valence-electron chi connectivity index (χ0n) is 17.2. The van der Waals surface area contributed by atoms with E-state index in [4.69, 9.17) is 4.42 Å². The number of allylic oxidation sites excluding steroid dienone is 1. The summed E-state index contributed by atoms with van der Waals surface area (Å²) >= 11 is 1.30. The third-order valence-electron chi connectivity index (χ3n) is 5.25. The Morgan fingerprint density at radius 2 is 1.81 bits per heavy atom. The monoisotopic (exact) mass is 441 g/mol. The van der Waals surface area contributed by atoms with Crippen LogP contribution in [0.15, 0.2) is 105 Å². The van der Waals surface area contributed by atoms with Crippen LogP contribution in [0.4, 0.5) is 5.69 Å². The fraction of sp³-hybridized carbons (Fsp3) is 0.0800. The number of nitrogens with one attached hydrogen (secondary N) is 1. The van der Waals surface area contributed by atoms with Gasteiger partial charge in [0.05, 0.1) is 34.4 Å². The number of nitrogens with zero attached hydrogens (tertiary/aromatic N) is 2. The fourth-order valence-electron chi connectivity index (χ4n) is 3.79. The minimum absolute atomic E-state index is 0.193. The fourth-order valence-corrected chi connectivity index (χ4v) is 4.84. The first-order valence-electron chi connectivity index (χ1n) is 10.1. The minimum atomic E-state index is -0.581. The summed E-state index contributed by atoms with van der Waals surface area (Å²) in [6.45, 7) is 1.81. The highest BCUT2D eigenvalue weighted by atomic mass is 32.1. The van der Waals surface area contributed by atoms with Crippen molar-refractivity contribution in [2.75, 3.05) is 5.32 Å². The molecule has 0 saturated carbocycles. The molecule has 2 aromatic heterocycles. The molecular formula is C25H19N3O3S. The molecular weight excluding hydrogens is 422 g/mol. The van der Waals surface area contributed by atoms with E-state index in [2.05, 4.69) is 10.3 Å². The van der Waals surface area contributed by atoms with Crippen LogP contribution in [0.3, 0.4) is 0 Å². The first-order chi connectivity index (χ1) is 15.6. The Balaban J connectivity index is 1.68. The molecule has 0 radical (unpaired) electrons. The van der Waals surface area contributed by atoms with E-state index in [0.29, 0.717) is 26.3 Å². The molecule has 0 fully saturated rings. The van der Waals surface area contributed by atoms with Crippen LogP contribution < -0.4 is 20.2 Å². The zero-order chi connectivity index (χ0) is 22.1. The van der Waals surface area contributed by atoms with Crippen molar-refractivity contribution < 1.29 is 9.21 Å². The summed E-state index contributed by atoms with van der Waals surface area (Å²) < 4.78 is 7.26. The number of carbonyl (C=O) groups is 1. The topological polar surface area (TPSA) is 76.6 Å². The lowest BCUT2D eigenvalue weighted by atomic mass is 9.95. The Morgan fingerprint density at radius 1 is 1.09 bits per heavy atom. The van der Waals surface area contributed by atoms with Gasteiger partial charge in [-0.25, -0.2) is 4.99 Å². The van der Waals surface area contributed by atoms with Crippen LogP contribution in [0.1, 0.15) is 24.1 Å². The second-order valence-corrected chi connectivity index (χ2v) is 8.38. The van der Waals surface area contributed by atoms with E-state index >= 15 is 0 Å². The summed E-state index contributed by atoms with van der Waals surface area (Å²) in [6.07, 6.45) is 4.92. The number of fused-ring (bicyclic) bond motifs is 1. The summed E-state index contributed by atoms with van der Waals surface area (Å²) in [5.74, 6) is -0.282. The third kappa shape index (κ3) is 3.63. The van der Waals surface area contributed by atoms with E-state index in [1.54, 1.807) is 29.2 Å². The molecule has 0 spiro atoms. The maximum atomic E-state index is 13.5. The number of thiazole rings is 1. The van der Waals surface area contributed by atoms with Gasteiger partial charge in [0.25, 0.3) is 11.5 Å². The molecule has 0 saturated heterocycles. The van der Waals surface area contributed by atoms with Gasteiger partial charge in [-0.15, -0.1) is 0 Å². The molecule has 7 heteroatoms. The molecule has 4 aromatic rings. The Labute approximate surface area is 187 Å². The van der Waals surface area contributed by atoms with E-state index < -0.39 is 6.04 Å². The van der Waals surface area contributed by atoms with Gasteiger partial charge in [-0.3, -0.25) is 14.2 Å². The van der Waals surface area contributed by atoms with Crippen LogP contribution in [-0.4, -0.2) is 10.5 Å². The number of benzene rings is 2. The van der Waals surface area contributed by atoms with Gasteiger partial charge in [-0.05, 0) is 36.8 Å². The van der Waals surface area contributed by atoms with Crippen molar-refractivity contribution in [1.29, 1.82) is 0 Å². The van der Waals surface area contributed by atoms with Gasteiger partial charge in [0.2, 0.25) is 0 Å². The second kappa shape index (κ2) is 8.28. The summed E-state index contributed by atoms with van der Waals surface area (Å²) in [4.78, 5) is 32.0. The number of amides is 1. The lowest BCUT2D eigenvalue weighted by Crippen LogP contribution is -2.40. The molecule has 1 atom stereocenters. The number of anilines is 1. The van der Waals surface area contributed by atoms with Crippen LogP contribution in [0, 0.1) is 0 Å². The Hall–Kier alpha value is -3.97. The van der Waals surface area contributed by atoms with Gasteiger partial charge in [0.1, 0.15) is 0 Å². The summed E-state index contributed by atoms with van der Waals surface area (Å²) in [6, 6.07) is 20.0. The first kappa shape index (κ1) is 20.0. The quantitative estimate of drug-likeness (QED) is 0.527. The number of carbonyl (C=O) groups excluding carboxylic acids is 1. The second-order valence-electron chi connectivity index (χ2n) is 7.37. The summed E-state index contributed by atoms with van der Waals surface area (Å²) in [5, 5.41) is 2.95. The first-order valence-corrected chi connectivity index (χ1v) is 10.9. The van der Waals surface area contributed by atoms with Crippen molar-refractivity contribution in [1.82, 2.24) is 4.57 Å². The Morgan fingerprint density at radius 3 is 2.50 bits per heavy atom. The lowest BCUT2D eigenvalue weighted by molar-refractivity contribution is -0.113. The number of hydrogen-bond acceptors (Lipinski definition) is 5. The summed E-state index contributed by atoms with van der Waals surface area (Å²) in [7, 11) is 0. The smallest absolute Gasteiger partial charge is 0.271 e. The lowest BCUT2D eigenvalue weighted by Gasteiger charge is -2.25. The molecule has 1 N–H and O–H groups in total. The highest BCUT2D eigenvalue weighted by molar-refractivity contribution is 7.07. The molecule has 0 bridgehead atoms. The third-order valence-corrected chi connectivity index (χ3v) is 6.24. The highest BCUT2D eigenvalue weighted by Gasteiger charge is 2.32. The standard InChI is InChI=1S/C25H19N3O3S/c1-16-21(23(29)27-19-10-6-3-7-11-19)22(18-8-4-2-5-9-18)28-24(30)20(32-25(28)26-16)14-17-12-13-31-15-17/h2-15,22H,1H3,(H,27,29)/t22-/m0/s1. The molecule has 2 aromatic carbocycles. The van der Waals surface area contributed by atoms with Crippen molar-refractivity contribution in [2.24, 2.45) is 4.99 Å². The minimum Gasteiger partial charge on any atom is -0.472 e. The largest absolute Gasteiger partial charge is 0.472 e. The number of hydrogen-bond donors (Lipinski definition) is 1. The van der Waals surface area contributed by atoms with E-state index in [1.807, 2.05) is 67.6 Å². The van der Waals surface area contributed by atoms with Crippen molar-refractivity contribution in [3.8, 4) is 0 Å². The number of rotatable bonds is 4. The molecule has 3 heterocycles. The number of furan rings is 1. The molecule has 158 valence electrons. The van der Waals surface area contributed by atoms with Crippen molar-refractivity contribution in [3.05, 3.63) is 121 Å². The van der Waals surface area contributed by atoms with Gasteiger partial charge in [0.15, 0.2) is 4.80 Å². The van der Waals surface area contributed by atoms with Gasteiger partial charge in [0, 0.05) is 11.3 Å². The predicted octanol–water partition coefficient (Wildman–Crippen LogP) is 3.47. The molecule has 1 amide bonds. The van der Waals surface area contributed by atoms with Crippen LogP contribution in [0.5, 0.6) is 0 Å². The molecule has 1 aliphatic rings. The Kier molecular flexibility index (Phi) is 5.17. The van der Waals surface area contributed by atoms with E-state index in [-0.39, 0.29) is 11.5 Å². The van der Waals surface area contributed by atoms with E-state index in [1.165, 1.54) is 11.3 Å². The van der Waals surface area contributed by atoms with Crippen molar-refractivity contribution in [2.45, 2.75) is 13.0 Å². The average molecular weight is 442 g/mol. The number of aromatic nitrogens is 1. The molecule has 5 rings (SSSR count). The van der Waals surface area contributed by atoms with Gasteiger partial charge >= 0.3 is 0 Å². The Bertz CT molecular complexity index is 1480. The van der Waals surface area contributed by atoms with E-state index in [9.17, 15) is 9.59 Å². The molecule has 32 heavy (non-hydrogen) atoms. The maximum Gasteiger partial charge on any atom is 0.271 e. The number of para-hydroxylation sites is 1. The molecule has 6 nitrogen and oxygen atoms in total. The van der Waals surface area contributed by atoms with Gasteiger partial charge < -0.3 is 9.73 Å². The SMILES string of the molecule is CC1=C(C(=O)Nc2ccccc2)[C@H](c2ccccc2)n2c(sc(=Cc3ccoc3)c2=O)=N1. The van der Waals surface area contributed by atoms with Crippen LogP contribution in [0.2, 0.25) is 0 Å². The van der Waals surface area contributed by atoms with Crippen molar-refractivity contribution >= 4 is 29.0 Å².